The zero-order valence-electron chi connectivity index (χ0n) is 5.65. The van der Waals surface area contributed by atoms with Crippen molar-refractivity contribution in [3.8, 4) is 0 Å². The second kappa shape index (κ2) is 7.37. The molecule has 0 fully saturated rings. The third-order valence-electron chi connectivity index (χ3n) is 0.999. The topological polar surface area (TPSA) is 43.4 Å². The molecular weight excluding hydrogens is 172 g/mol. The van der Waals surface area contributed by atoms with E-state index in [1.165, 1.54) is 0 Å². The number of hydrogen-bond acceptors (Lipinski definition) is 4. The van der Waals surface area contributed by atoms with Gasteiger partial charge in [0.1, 0.15) is 0 Å². The van der Waals surface area contributed by atoms with Gasteiger partial charge in [-0.1, -0.05) is 6.42 Å². The predicted molar refractivity (Wildman–Crippen MR) is 44.0 cm³/mol. The van der Waals surface area contributed by atoms with E-state index in [4.69, 9.17) is 0 Å². The van der Waals surface area contributed by atoms with Crippen molar-refractivity contribution >= 4 is 23.6 Å². The molecule has 0 saturated heterocycles. The van der Waals surface area contributed by atoms with E-state index in [-0.39, 0.29) is 0 Å². The molecule has 0 atom stereocenters. The Hall–Kier alpha value is 0.260. The zero-order valence-corrected chi connectivity index (χ0v) is 7.44. The highest BCUT2D eigenvalue weighted by atomic mass is 32.2. The van der Waals surface area contributed by atoms with Gasteiger partial charge >= 0.3 is 0 Å². The lowest BCUT2D eigenvalue weighted by atomic mass is 10.3. The molecule has 0 aliphatic rings. The molecule has 0 radical (unpaired) electrons. The van der Waals surface area contributed by atoms with Crippen LogP contribution in [0.15, 0.2) is 0 Å². The summed E-state index contributed by atoms with van der Waals surface area (Å²) in [6, 6.07) is 0. The molecule has 0 spiro atoms. The highest BCUT2D eigenvalue weighted by molar-refractivity contribution is 7.80. The molecule has 0 amide bonds. The van der Waals surface area contributed by atoms with Crippen LogP contribution >= 0.6 is 12.6 Å². The molecule has 0 rings (SSSR count). The van der Waals surface area contributed by atoms with Crippen LogP contribution in [0.2, 0.25) is 0 Å². The van der Waals surface area contributed by atoms with E-state index in [0.717, 1.165) is 25.0 Å². The SMILES string of the molecule is O=[SH](=O)OCCCCCS. The third kappa shape index (κ3) is 8.26. The lowest BCUT2D eigenvalue weighted by Crippen LogP contribution is -1.92. The predicted octanol–water partition coefficient (Wildman–Crippen LogP) is 0.629. The van der Waals surface area contributed by atoms with Crippen LogP contribution in [-0.2, 0) is 15.2 Å². The molecule has 0 aliphatic carbocycles. The minimum atomic E-state index is -2.64. The van der Waals surface area contributed by atoms with Gasteiger partial charge in [0.05, 0.1) is 6.61 Å². The Balaban J connectivity index is 2.91. The molecule has 0 saturated carbocycles. The van der Waals surface area contributed by atoms with Crippen LogP contribution in [0.3, 0.4) is 0 Å². The number of hydrogen-bond donors (Lipinski definition) is 2. The maximum atomic E-state index is 9.83. The quantitative estimate of drug-likeness (QED) is 0.470. The molecule has 62 valence electrons. The number of thiol groups is 2. The van der Waals surface area contributed by atoms with Crippen molar-refractivity contribution in [3.05, 3.63) is 0 Å². The second-order valence-corrected chi connectivity index (χ2v) is 2.99. The normalized spacial score (nSPS) is 10.6. The van der Waals surface area contributed by atoms with Crippen LogP contribution in [0.4, 0.5) is 0 Å². The smallest absolute Gasteiger partial charge is 0.257 e. The summed E-state index contributed by atoms with van der Waals surface area (Å²) < 4.78 is 24.0. The Kier molecular flexibility index (Phi) is 7.56. The largest absolute Gasteiger partial charge is 0.272 e. The highest BCUT2D eigenvalue weighted by Crippen LogP contribution is 1.96. The van der Waals surface area contributed by atoms with Gasteiger partial charge in [-0.25, -0.2) is 8.42 Å². The van der Waals surface area contributed by atoms with E-state index in [9.17, 15) is 8.42 Å². The van der Waals surface area contributed by atoms with Gasteiger partial charge in [-0.3, -0.25) is 4.18 Å². The van der Waals surface area contributed by atoms with E-state index in [1.54, 1.807) is 0 Å². The molecule has 0 unspecified atom stereocenters. The van der Waals surface area contributed by atoms with Crippen molar-refractivity contribution in [3.63, 3.8) is 0 Å². The van der Waals surface area contributed by atoms with Gasteiger partial charge in [-0.2, -0.15) is 12.6 Å². The lowest BCUT2D eigenvalue weighted by Gasteiger charge is -1.94. The Morgan fingerprint density at radius 1 is 1.20 bits per heavy atom. The summed E-state index contributed by atoms with van der Waals surface area (Å²) in [6.45, 7) is 0.312. The number of rotatable bonds is 6. The van der Waals surface area contributed by atoms with Crippen LogP contribution in [0.1, 0.15) is 19.3 Å². The molecular formula is C5H12O3S2. The molecule has 0 aromatic rings. The average molecular weight is 184 g/mol. The Morgan fingerprint density at radius 2 is 1.90 bits per heavy atom. The second-order valence-electron chi connectivity index (χ2n) is 1.84. The van der Waals surface area contributed by atoms with Crippen molar-refractivity contribution in [1.29, 1.82) is 0 Å². The average Bonchev–Trinajstić information content (AvgIpc) is 1.87. The summed E-state index contributed by atoms with van der Waals surface area (Å²) in [5, 5.41) is 0. The van der Waals surface area contributed by atoms with E-state index in [2.05, 4.69) is 16.8 Å². The Bertz CT molecular complexity index is 125. The zero-order chi connectivity index (χ0) is 7.82. The molecule has 0 bridgehead atoms. The third-order valence-corrected chi connectivity index (χ3v) is 1.71. The van der Waals surface area contributed by atoms with Gasteiger partial charge in [-0.05, 0) is 18.6 Å². The van der Waals surface area contributed by atoms with Crippen molar-refractivity contribution in [1.82, 2.24) is 0 Å². The fraction of sp³-hybridized carbons (Fsp3) is 1.00. The first-order valence-corrected chi connectivity index (χ1v) is 4.88. The summed E-state index contributed by atoms with van der Waals surface area (Å²) >= 11 is 4.00. The molecule has 0 heterocycles. The van der Waals surface area contributed by atoms with Crippen LogP contribution in [0, 0.1) is 0 Å². The molecule has 0 aliphatic heterocycles. The van der Waals surface area contributed by atoms with E-state index in [1.807, 2.05) is 0 Å². The molecule has 0 aromatic carbocycles. The molecule has 0 aromatic heterocycles. The summed E-state index contributed by atoms with van der Waals surface area (Å²) in [7, 11) is -2.64. The Morgan fingerprint density at radius 3 is 2.40 bits per heavy atom. The van der Waals surface area contributed by atoms with E-state index in [0.29, 0.717) is 6.61 Å². The van der Waals surface area contributed by atoms with Crippen molar-refractivity contribution < 1.29 is 12.6 Å². The minimum absolute atomic E-state index is 0.312. The standard InChI is InChI=1S/C5H12O3S2/c6-10(7)8-4-2-1-3-5-9/h9-10H,1-5H2. The molecule has 3 nitrogen and oxygen atoms in total. The van der Waals surface area contributed by atoms with Crippen molar-refractivity contribution in [2.75, 3.05) is 12.4 Å². The first-order chi connectivity index (χ1) is 4.77. The maximum absolute atomic E-state index is 9.83. The van der Waals surface area contributed by atoms with Crippen LogP contribution in [0.5, 0.6) is 0 Å². The van der Waals surface area contributed by atoms with Crippen molar-refractivity contribution in [2.24, 2.45) is 0 Å². The summed E-state index contributed by atoms with van der Waals surface area (Å²) in [5.74, 6) is 0.851. The van der Waals surface area contributed by atoms with Crippen LogP contribution < -0.4 is 0 Å². The fourth-order valence-corrected chi connectivity index (χ4v) is 1.03. The van der Waals surface area contributed by atoms with Gasteiger partial charge in [-0.15, -0.1) is 0 Å². The highest BCUT2D eigenvalue weighted by Gasteiger charge is 1.88. The van der Waals surface area contributed by atoms with E-state index < -0.39 is 11.0 Å². The van der Waals surface area contributed by atoms with E-state index >= 15 is 0 Å². The molecule has 10 heavy (non-hydrogen) atoms. The molecule has 5 heteroatoms. The number of unbranched alkanes of at least 4 members (excludes halogenated alkanes) is 2. The maximum Gasteiger partial charge on any atom is 0.257 e. The molecule has 0 N–H and O–H groups in total. The van der Waals surface area contributed by atoms with Gasteiger partial charge < -0.3 is 0 Å². The Labute approximate surface area is 68.3 Å². The van der Waals surface area contributed by atoms with Gasteiger partial charge in [0.15, 0.2) is 0 Å². The summed E-state index contributed by atoms with van der Waals surface area (Å²) in [5.41, 5.74) is 0. The first kappa shape index (κ1) is 10.3. The summed E-state index contributed by atoms with van der Waals surface area (Å²) in [6.07, 6.45) is 2.79. The lowest BCUT2D eigenvalue weighted by molar-refractivity contribution is 0.322. The van der Waals surface area contributed by atoms with Crippen molar-refractivity contribution in [2.45, 2.75) is 19.3 Å². The van der Waals surface area contributed by atoms with Crippen LogP contribution in [0.25, 0.3) is 0 Å². The van der Waals surface area contributed by atoms with Gasteiger partial charge in [0, 0.05) is 0 Å². The van der Waals surface area contributed by atoms with Crippen LogP contribution in [-0.4, -0.2) is 20.8 Å². The summed E-state index contributed by atoms with van der Waals surface area (Å²) in [4.78, 5) is 0. The first-order valence-electron chi connectivity index (χ1n) is 3.15. The fourth-order valence-electron chi connectivity index (χ4n) is 0.530. The van der Waals surface area contributed by atoms with Gasteiger partial charge in [0.2, 0.25) is 0 Å². The minimum Gasteiger partial charge on any atom is -0.272 e. The van der Waals surface area contributed by atoms with Gasteiger partial charge in [0.25, 0.3) is 11.0 Å². The monoisotopic (exact) mass is 184 g/mol.